The van der Waals surface area contributed by atoms with Crippen LogP contribution in [0.25, 0.3) is 11.0 Å². The molecule has 2 aromatic heterocycles. The first-order valence-electron chi connectivity index (χ1n) is 9.42. The summed E-state index contributed by atoms with van der Waals surface area (Å²) >= 11 is 1.38. The van der Waals surface area contributed by atoms with Crippen molar-refractivity contribution < 1.29 is 23.6 Å². The van der Waals surface area contributed by atoms with Gasteiger partial charge in [0.05, 0.1) is 36.0 Å². The summed E-state index contributed by atoms with van der Waals surface area (Å²) in [6.07, 6.45) is 0.750. The van der Waals surface area contributed by atoms with Gasteiger partial charge in [-0.05, 0) is 24.6 Å². The number of rotatable bonds is 4. The summed E-state index contributed by atoms with van der Waals surface area (Å²) in [6, 6.07) is 7.93. The summed E-state index contributed by atoms with van der Waals surface area (Å²) < 4.78 is 10.6. The lowest BCUT2D eigenvalue weighted by atomic mass is 10.0. The largest absolute Gasteiger partial charge is 0.465 e. The lowest BCUT2D eigenvalue weighted by Gasteiger charge is -2.22. The van der Waals surface area contributed by atoms with E-state index in [2.05, 4.69) is 12.2 Å². The van der Waals surface area contributed by atoms with E-state index in [0.717, 1.165) is 36.5 Å². The molecule has 150 valence electrons. The number of esters is 1. The Hall–Kier alpha value is -2.97. The van der Waals surface area contributed by atoms with Crippen molar-refractivity contribution in [3.8, 4) is 0 Å². The number of fused-ring (bicyclic) bond motifs is 2. The Labute approximate surface area is 170 Å². The number of carbonyl (C=O) groups excluding carboxylic acids is 2. The molecule has 0 fully saturated rings. The number of anilines is 1. The highest BCUT2D eigenvalue weighted by Crippen LogP contribution is 2.35. The first-order chi connectivity index (χ1) is 14.0. The SMILES string of the molecule is CC[NH+]1CCc2c(sc(NC(=O)c3cc(=O)c4ccccc4o3)c2C(=O)OC)C1. The van der Waals surface area contributed by atoms with E-state index in [-0.39, 0.29) is 11.2 Å². The lowest BCUT2D eigenvalue weighted by Crippen LogP contribution is -3.11. The number of nitrogens with one attached hydrogen (secondary N) is 2. The second-order valence-corrected chi connectivity index (χ2v) is 8.01. The predicted molar refractivity (Wildman–Crippen MR) is 110 cm³/mol. The van der Waals surface area contributed by atoms with E-state index in [4.69, 9.17) is 9.15 Å². The van der Waals surface area contributed by atoms with Crippen molar-refractivity contribution in [2.24, 2.45) is 0 Å². The maximum atomic E-state index is 12.8. The molecule has 0 spiro atoms. The third kappa shape index (κ3) is 3.56. The molecule has 1 atom stereocenters. The van der Waals surface area contributed by atoms with Gasteiger partial charge in [0.15, 0.2) is 11.2 Å². The molecule has 4 rings (SSSR count). The number of thiophene rings is 1. The Kier molecular flexibility index (Phi) is 5.21. The summed E-state index contributed by atoms with van der Waals surface area (Å²) in [7, 11) is 1.33. The standard InChI is InChI=1S/C21H20N2O5S/c1-3-23-9-8-13-17(11-23)29-20(18(13)21(26)27-2)22-19(25)16-10-14(24)12-6-4-5-7-15(12)28-16/h4-7,10H,3,8-9,11H2,1-2H3,(H,22,25)/p+1. The molecule has 3 aromatic rings. The number of quaternary nitrogens is 1. The summed E-state index contributed by atoms with van der Waals surface area (Å²) in [5.74, 6) is -1.15. The Balaban J connectivity index is 1.70. The Morgan fingerprint density at radius 2 is 2.10 bits per heavy atom. The number of ether oxygens (including phenoxy) is 1. The molecule has 1 aliphatic rings. The molecule has 2 N–H and O–H groups in total. The molecule has 0 bridgehead atoms. The second kappa shape index (κ2) is 7.81. The van der Waals surface area contributed by atoms with E-state index in [9.17, 15) is 14.4 Å². The fraction of sp³-hybridized carbons (Fsp3) is 0.286. The number of hydrogen-bond acceptors (Lipinski definition) is 6. The minimum absolute atomic E-state index is 0.100. The highest BCUT2D eigenvalue weighted by atomic mass is 32.1. The molecule has 0 saturated carbocycles. The molecule has 8 heteroatoms. The van der Waals surface area contributed by atoms with E-state index >= 15 is 0 Å². The van der Waals surface area contributed by atoms with Crippen molar-refractivity contribution in [2.75, 3.05) is 25.5 Å². The molecule has 3 heterocycles. The first kappa shape index (κ1) is 19.4. The predicted octanol–water partition coefficient (Wildman–Crippen LogP) is 1.85. The lowest BCUT2D eigenvalue weighted by molar-refractivity contribution is -0.913. The van der Waals surface area contributed by atoms with Crippen LogP contribution >= 0.6 is 11.3 Å². The van der Waals surface area contributed by atoms with Gasteiger partial charge in [-0.3, -0.25) is 9.59 Å². The quantitative estimate of drug-likeness (QED) is 0.637. The van der Waals surface area contributed by atoms with Crippen molar-refractivity contribution in [1.82, 2.24) is 0 Å². The van der Waals surface area contributed by atoms with Crippen LogP contribution in [0.1, 0.15) is 38.3 Å². The molecule has 1 unspecified atom stereocenters. The number of amides is 1. The first-order valence-corrected chi connectivity index (χ1v) is 10.2. The number of methoxy groups -OCH3 is 1. The monoisotopic (exact) mass is 413 g/mol. The van der Waals surface area contributed by atoms with Crippen molar-refractivity contribution in [1.29, 1.82) is 0 Å². The summed E-state index contributed by atoms with van der Waals surface area (Å²) in [4.78, 5) is 40.0. The van der Waals surface area contributed by atoms with Crippen LogP contribution in [0.3, 0.4) is 0 Å². The van der Waals surface area contributed by atoms with Crippen LogP contribution in [0, 0.1) is 0 Å². The van der Waals surface area contributed by atoms with E-state index in [0.29, 0.717) is 21.5 Å². The zero-order valence-electron chi connectivity index (χ0n) is 16.2. The van der Waals surface area contributed by atoms with E-state index in [1.54, 1.807) is 24.3 Å². The second-order valence-electron chi connectivity index (χ2n) is 6.91. The molecule has 1 aromatic carbocycles. The van der Waals surface area contributed by atoms with Gasteiger partial charge in [0, 0.05) is 12.5 Å². The molecule has 1 amide bonds. The number of likely N-dealkylation sites (N-methyl/N-ethyl adjacent to an activating group) is 1. The molecule has 29 heavy (non-hydrogen) atoms. The highest BCUT2D eigenvalue weighted by Gasteiger charge is 2.31. The Morgan fingerprint density at radius 3 is 2.86 bits per heavy atom. The molecule has 0 saturated heterocycles. The average molecular weight is 413 g/mol. The van der Waals surface area contributed by atoms with Crippen LogP contribution in [0.4, 0.5) is 5.00 Å². The van der Waals surface area contributed by atoms with Gasteiger partial charge >= 0.3 is 5.97 Å². The normalized spacial score (nSPS) is 15.7. The Bertz CT molecular complexity index is 1160. The van der Waals surface area contributed by atoms with E-state index < -0.39 is 11.9 Å². The van der Waals surface area contributed by atoms with E-state index in [1.165, 1.54) is 29.4 Å². The molecular formula is C21H21N2O5S+. The van der Waals surface area contributed by atoms with Gasteiger partial charge in [0.2, 0.25) is 0 Å². The van der Waals surface area contributed by atoms with Crippen LogP contribution in [-0.4, -0.2) is 32.1 Å². The maximum Gasteiger partial charge on any atom is 0.341 e. The molecular weight excluding hydrogens is 392 g/mol. The summed E-state index contributed by atoms with van der Waals surface area (Å²) in [5.41, 5.74) is 1.39. The minimum Gasteiger partial charge on any atom is -0.465 e. The molecule has 1 aliphatic heterocycles. The van der Waals surface area contributed by atoms with Crippen LogP contribution in [0.2, 0.25) is 0 Å². The minimum atomic E-state index is -0.573. The number of hydrogen-bond donors (Lipinski definition) is 2. The third-order valence-electron chi connectivity index (χ3n) is 5.20. The van der Waals surface area contributed by atoms with Gasteiger partial charge in [-0.15, -0.1) is 11.3 Å². The van der Waals surface area contributed by atoms with Crippen LogP contribution in [0.15, 0.2) is 39.5 Å². The van der Waals surface area contributed by atoms with Gasteiger partial charge in [-0.2, -0.15) is 0 Å². The highest BCUT2D eigenvalue weighted by molar-refractivity contribution is 7.17. The maximum absolute atomic E-state index is 12.8. The number of benzene rings is 1. The topological polar surface area (TPSA) is 90.0 Å². The van der Waals surface area contributed by atoms with E-state index in [1.807, 2.05) is 0 Å². The number of para-hydroxylation sites is 1. The van der Waals surface area contributed by atoms with Gasteiger partial charge in [-0.1, -0.05) is 12.1 Å². The van der Waals surface area contributed by atoms with Crippen molar-refractivity contribution in [2.45, 2.75) is 19.9 Å². The fourth-order valence-corrected chi connectivity index (χ4v) is 4.93. The third-order valence-corrected chi connectivity index (χ3v) is 6.35. The van der Waals surface area contributed by atoms with Crippen molar-refractivity contribution in [3.05, 3.63) is 62.3 Å². The molecule has 7 nitrogen and oxygen atoms in total. The van der Waals surface area contributed by atoms with Gasteiger partial charge in [-0.25, -0.2) is 4.79 Å². The molecule has 0 radical (unpaired) electrons. The summed E-state index contributed by atoms with van der Waals surface area (Å²) in [6.45, 7) is 4.85. The van der Waals surface area contributed by atoms with Gasteiger partial charge in [0.1, 0.15) is 17.1 Å². The van der Waals surface area contributed by atoms with Gasteiger partial charge in [0.25, 0.3) is 5.91 Å². The van der Waals surface area contributed by atoms with Crippen molar-refractivity contribution >= 4 is 39.2 Å². The Morgan fingerprint density at radius 1 is 1.31 bits per heavy atom. The van der Waals surface area contributed by atoms with Crippen LogP contribution < -0.4 is 15.6 Å². The molecule has 0 aliphatic carbocycles. The fourth-order valence-electron chi connectivity index (χ4n) is 3.63. The zero-order chi connectivity index (χ0) is 20.5. The smallest absolute Gasteiger partial charge is 0.341 e. The van der Waals surface area contributed by atoms with Gasteiger partial charge < -0.3 is 19.4 Å². The van der Waals surface area contributed by atoms with Crippen LogP contribution in [0.5, 0.6) is 0 Å². The number of carbonyl (C=O) groups is 2. The average Bonchev–Trinajstić information content (AvgIpc) is 3.09. The van der Waals surface area contributed by atoms with Crippen molar-refractivity contribution in [3.63, 3.8) is 0 Å². The van der Waals surface area contributed by atoms with Crippen LogP contribution in [-0.2, 0) is 17.7 Å². The summed E-state index contributed by atoms with van der Waals surface area (Å²) in [5, 5.41) is 3.60. The zero-order valence-corrected chi connectivity index (χ0v) is 17.0.